The van der Waals surface area contributed by atoms with Gasteiger partial charge in [-0.3, -0.25) is 0 Å². The fourth-order valence-electron chi connectivity index (χ4n) is 4.69. The minimum absolute atomic E-state index is 0.260. The summed E-state index contributed by atoms with van der Waals surface area (Å²) in [4.78, 5) is 15.8. The second-order valence-electron chi connectivity index (χ2n) is 9.81. The van der Waals surface area contributed by atoms with Crippen molar-refractivity contribution in [3.8, 4) is 39.3 Å². The second-order valence-corrected chi connectivity index (χ2v) is 9.81. The number of hydrogen-bond acceptors (Lipinski definition) is 3. The Kier molecular flexibility index (Phi) is 4.99. The van der Waals surface area contributed by atoms with E-state index in [1.54, 1.807) is 12.3 Å². The van der Waals surface area contributed by atoms with E-state index in [4.69, 9.17) is 9.72 Å². The maximum atomic E-state index is 15.1. The zero-order valence-corrected chi connectivity index (χ0v) is 20.2. The molecule has 176 valence electrons. The third-order valence-electron chi connectivity index (χ3n) is 6.68. The molecule has 6 rings (SSSR count). The fraction of sp³-hybridized carbons (Fsp3) is 0.241. The van der Waals surface area contributed by atoms with E-state index < -0.39 is 0 Å². The van der Waals surface area contributed by atoms with Crippen molar-refractivity contribution in [2.24, 2.45) is 0 Å². The van der Waals surface area contributed by atoms with Crippen molar-refractivity contribution in [2.45, 2.75) is 46.1 Å². The number of ether oxygens (including phenoxy) is 1. The van der Waals surface area contributed by atoms with Crippen LogP contribution in [-0.2, 0) is 6.61 Å². The van der Waals surface area contributed by atoms with Gasteiger partial charge in [0.25, 0.3) is 0 Å². The summed E-state index contributed by atoms with van der Waals surface area (Å²) in [6.07, 6.45) is 1.70. The fourth-order valence-corrected chi connectivity index (χ4v) is 4.69. The monoisotopic (exact) mass is 466 g/mol. The molecule has 0 amide bonds. The van der Waals surface area contributed by atoms with Crippen LogP contribution in [0.15, 0.2) is 54.7 Å². The maximum Gasteiger partial charge on any atom is 0.155 e. The third-order valence-corrected chi connectivity index (χ3v) is 6.68. The zero-order chi connectivity index (χ0) is 24.3. The number of H-pyrrole nitrogens is 2. The predicted molar refractivity (Wildman–Crippen MR) is 137 cm³/mol. The Morgan fingerprint density at radius 3 is 2.26 bits per heavy atom. The highest BCUT2D eigenvalue weighted by molar-refractivity contribution is 5.92. The lowest BCUT2D eigenvalue weighted by Gasteiger charge is -2.22. The van der Waals surface area contributed by atoms with Gasteiger partial charge in [0.15, 0.2) is 5.75 Å². The van der Waals surface area contributed by atoms with Crippen molar-refractivity contribution < 1.29 is 9.13 Å². The van der Waals surface area contributed by atoms with Crippen molar-refractivity contribution >= 4 is 11.0 Å². The van der Waals surface area contributed by atoms with Crippen LogP contribution in [0.1, 0.15) is 56.7 Å². The molecule has 5 aromatic rings. The topological polar surface area (TPSA) is 66.6 Å². The number of nitrogens with one attached hydrogen (secondary N) is 2. The van der Waals surface area contributed by atoms with E-state index >= 15 is 4.39 Å². The van der Waals surface area contributed by atoms with Crippen LogP contribution in [-0.4, -0.2) is 19.9 Å². The van der Waals surface area contributed by atoms with E-state index in [1.165, 1.54) is 0 Å². The summed E-state index contributed by atoms with van der Waals surface area (Å²) in [5, 5.41) is 0. The Balaban J connectivity index is 1.35. The van der Waals surface area contributed by atoms with Gasteiger partial charge in [0.05, 0.1) is 17.4 Å². The van der Waals surface area contributed by atoms with Crippen LogP contribution >= 0.6 is 0 Å². The van der Waals surface area contributed by atoms with Gasteiger partial charge in [0, 0.05) is 23.0 Å². The van der Waals surface area contributed by atoms with E-state index in [-0.39, 0.29) is 11.7 Å². The molecule has 3 aromatic carbocycles. The molecule has 2 aromatic heterocycles. The first-order valence-electron chi connectivity index (χ1n) is 12.0. The van der Waals surface area contributed by atoms with Crippen molar-refractivity contribution in [3.63, 3.8) is 0 Å². The number of aromatic amines is 2. The van der Waals surface area contributed by atoms with E-state index in [1.807, 2.05) is 18.2 Å². The minimum Gasteiger partial charge on any atom is -0.486 e. The summed E-state index contributed by atoms with van der Waals surface area (Å²) in [7, 11) is 0. The normalized spacial score (nSPS) is 12.8. The molecule has 6 heteroatoms. The minimum atomic E-state index is -0.275. The molecule has 1 aliphatic heterocycles. The number of imidazole rings is 2. The Labute approximate surface area is 203 Å². The highest BCUT2D eigenvalue weighted by Crippen LogP contribution is 2.43. The van der Waals surface area contributed by atoms with Crippen molar-refractivity contribution in [1.29, 1.82) is 0 Å². The summed E-state index contributed by atoms with van der Waals surface area (Å²) in [6, 6.07) is 15.7. The summed E-state index contributed by atoms with van der Waals surface area (Å²) < 4.78 is 21.3. The van der Waals surface area contributed by atoms with Gasteiger partial charge in [-0.1, -0.05) is 45.9 Å². The van der Waals surface area contributed by atoms with Crippen LogP contribution in [0.5, 0.6) is 5.75 Å². The molecular formula is C29H27FN4O. The Hall–Kier alpha value is -3.93. The van der Waals surface area contributed by atoms with Crippen LogP contribution in [0.2, 0.25) is 0 Å². The molecule has 0 saturated carbocycles. The molecular weight excluding hydrogens is 439 g/mol. The maximum absolute atomic E-state index is 15.1. The standard InChI is InChI=1S/C29H27FN4O/c1-15(2)28-31-13-25(33-28)22-8-6-18(12-23(22)30)17-5-7-20-19(11-17)14-35-27-21(20)9-10-24-26(27)34-29(32-24)16(3)4/h5-13,15-16H,14H2,1-4H3,(H,31,33)(H,32,34). The molecule has 0 spiro atoms. The quantitative estimate of drug-likeness (QED) is 0.287. The summed E-state index contributed by atoms with van der Waals surface area (Å²) in [5.74, 6) is 2.93. The van der Waals surface area contributed by atoms with Crippen LogP contribution in [0.3, 0.4) is 0 Å². The predicted octanol–water partition coefficient (Wildman–Crippen LogP) is 7.57. The van der Waals surface area contributed by atoms with Gasteiger partial charge in [-0.05, 0) is 52.6 Å². The summed E-state index contributed by atoms with van der Waals surface area (Å²) >= 11 is 0. The lowest BCUT2D eigenvalue weighted by Crippen LogP contribution is -2.06. The lowest BCUT2D eigenvalue weighted by molar-refractivity contribution is 0.305. The molecule has 5 nitrogen and oxygen atoms in total. The molecule has 0 aliphatic carbocycles. The zero-order valence-electron chi connectivity index (χ0n) is 20.2. The average molecular weight is 467 g/mol. The number of nitrogens with zero attached hydrogens (tertiary/aromatic N) is 2. The average Bonchev–Trinajstić information content (AvgIpc) is 3.51. The van der Waals surface area contributed by atoms with Crippen LogP contribution in [0, 0.1) is 5.82 Å². The van der Waals surface area contributed by atoms with Crippen LogP contribution in [0.4, 0.5) is 4.39 Å². The molecule has 2 N–H and O–H groups in total. The highest BCUT2D eigenvalue weighted by Gasteiger charge is 2.23. The van der Waals surface area contributed by atoms with Gasteiger partial charge < -0.3 is 14.7 Å². The Morgan fingerprint density at radius 2 is 1.54 bits per heavy atom. The number of aromatic nitrogens is 4. The molecule has 0 radical (unpaired) electrons. The Morgan fingerprint density at radius 1 is 0.829 bits per heavy atom. The van der Waals surface area contributed by atoms with Crippen LogP contribution < -0.4 is 4.74 Å². The highest BCUT2D eigenvalue weighted by atomic mass is 19.1. The molecule has 35 heavy (non-hydrogen) atoms. The van der Waals surface area contributed by atoms with E-state index in [9.17, 15) is 0 Å². The van der Waals surface area contributed by atoms with Crippen molar-refractivity contribution in [2.75, 3.05) is 0 Å². The van der Waals surface area contributed by atoms with E-state index in [2.05, 4.69) is 66.9 Å². The molecule has 3 heterocycles. The van der Waals surface area contributed by atoms with Gasteiger partial charge in [-0.2, -0.15) is 0 Å². The first kappa shape index (κ1) is 21.6. The van der Waals surface area contributed by atoms with E-state index in [0.717, 1.165) is 56.2 Å². The smallest absolute Gasteiger partial charge is 0.155 e. The van der Waals surface area contributed by atoms with Crippen molar-refractivity contribution in [1.82, 2.24) is 19.9 Å². The Bertz CT molecular complexity index is 1580. The van der Waals surface area contributed by atoms with Gasteiger partial charge in [0.1, 0.15) is 29.6 Å². The second kappa shape index (κ2) is 8.08. The molecule has 0 atom stereocenters. The first-order valence-corrected chi connectivity index (χ1v) is 12.0. The molecule has 0 saturated heterocycles. The summed E-state index contributed by atoms with van der Waals surface area (Å²) in [6.45, 7) is 8.80. The summed E-state index contributed by atoms with van der Waals surface area (Å²) in [5.41, 5.74) is 8.10. The number of fused-ring (bicyclic) bond motifs is 5. The van der Waals surface area contributed by atoms with Gasteiger partial charge in [0.2, 0.25) is 0 Å². The van der Waals surface area contributed by atoms with Gasteiger partial charge in [-0.15, -0.1) is 0 Å². The molecule has 0 fully saturated rings. The number of halogens is 1. The van der Waals surface area contributed by atoms with Crippen molar-refractivity contribution in [3.05, 3.63) is 77.8 Å². The number of rotatable bonds is 4. The first-order chi connectivity index (χ1) is 16.9. The van der Waals surface area contributed by atoms with Gasteiger partial charge >= 0.3 is 0 Å². The number of hydrogen-bond donors (Lipinski definition) is 2. The molecule has 0 unspecified atom stereocenters. The SMILES string of the molecule is CC(C)c1ncc(-c2ccc(-c3ccc4c(c3)COc3c-4ccc4[nH]c(C(C)C)nc34)cc2F)[nH]1. The van der Waals surface area contributed by atoms with E-state index in [0.29, 0.717) is 23.8 Å². The molecule has 1 aliphatic rings. The van der Waals surface area contributed by atoms with Gasteiger partial charge in [-0.25, -0.2) is 14.4 Å². The lowest BCUT2D eigenvalue weighted by atomic mass is 9.92. The molecule has 0 bridgehead atoms. The van der Waals surface area contributed by atoms with Crippen LogP contribution in [0.25, 0.3) is 44.5 Å². The largest absolute Gasteiger partial charge is 0.486 e. The number of benzene rings is 3. The third kappa shape index (κ3) is 3.60.